The van der Waals surface area contributed by atoms with Crippen LogP contribution in [-0.4, -0.2) is 24.5 Å². The van der Waals surface area contributed by atoms with E-state index in [-0.39, 0.29) is 6.35 Å². The summed E-state index contributed by atoms with van der Waals surface area (Å²) in [5.74, 6) is 0.657. The molecule has 1 aliphatic rings. The third kappa shape index (κ3) is 3.58. The fraction of sp³-hybridized carbons (Fsp3) is 0.389. The van der Waals surface area contributed by atoms with Gasteiger partial charge in [-0.3, -0.25) is 4.57 Å². The number of rotatable bonds is 8. The smallest absolute Gasteiger partial charge is 0.367 e. The molecule has 25 heavy (non-hydrogen) atoms. The summed E-state index contributed by atoms with van der Waals surface area (Å²) in [5, 5.41) is 0. The maximum Gasteiger partial charge on any atom is 0.367 e. The number of benzene rings is 1. The summed E-state index contributed by atoms with van der Waals surface area (Å²) in [6, 6.07) is 3.89. The average Bonchev–Trinajstić information content (AvgIpc) is 3.13. The van der Waals surface area contributed by atoms with E-state index in [1.165, 1.54) is 10.4 Å². The molecule has 0 N–H and O–H groups in total. The molecule has 1 aromatic heterocycles. The van der Waals surface area contributed by atoms with Crippen molar-refractivity contribution in [2.75, 3.05) is 19.6 Å². The summed E-state index contributed by atoms with van der Waals surface area (Å²) < 4.78 is 29.2. The largest absolute Gasteiger partial charge is 0.480 e. The standard InChI is InChI=1S/C18H22NO4PS/c1-5-22-24(20,23-6-2)11-21-15-8-7-13(12(3)4)14-9-16-18(17(14)15)19-10-25-16/h7-8,10H,3,5-6,9,11H2,1-2,4H3. The second-order valence-electron chi connectivity index (χ2n) is 5.77. The summed E-state index contributed by atoms with van der Waals surface area (Å²) in [6.07, 6.45) is 0.705. The van der Waals surface area contributed by atoms with Crippen molar-refractivity contribution in [1.82, 2.24) is 4.98 Å². The molecular formula is C18H22NO4PS. The Labute approximate surface area is 152 Å². The van der Waals surface area contributed by atoms with Crippen molar-refractivity contribution in [2.24, 2.45) is 0 Å². The molecule has 1 heterocycles. The van der Waals surface area contributed by atoms with E-state index in [0.717, 1.165) is 28.8 Å². The van der Waals surface area contributed by atoms with E-state index in [9.17, 15) is 4.57 Å². The average molecular weight is 379 g/mol. The van der Waals surface area contributed by atoms with Crippen molar-refractivity contribution in [1.29, 1.82) is 0 Å². The fourth-order valence-electron chi connectivity index (χ4n) is 3.00. The third-order valence-corrected chi connectivity index (χ3v) is 6.56. The van der Waals surface area contributed by atoms with Gasteiger partial charge in [-0.05, 0) is 38.0 Å². The minimum atomic E-state index is -3.27. The minimum Gasteiger partial charge on any atom is -0.480 e. The van der Waals surface area contributed by atoms with Gasteiger partial charge in [0.25, 0.3) is 0 Å². The molecule has 0 amide bonds. The van der Waals surface area contributed by atoms with Crippen LogP contribution in [0.15, 0.2) is 24.2 Å². The highest BCUT2D eigenvalue weighted by molar-refractivity contribution is 7.53. The third-order valence-electron chi connectivity index (χ3n) is 3.98. The van der Waals surface area contributed by atoms with Gasteiger partial charge in [0.1, 0.15) is 5.75 Å². The fourth-order valence-corrected chi connectivity index (χ4v) is 5.09. The van der Waals surface area contributed by atoms with Crippen LogP contribution in [0.4, 0.5) is 0 Å². The Kier molecular flexibility index (Phi) is 5.44. The number of hydrogen-bond acceptors (Lipinski definition) is 6. The lowest BCUT2D eigenvalue weighted by Crippen LogP contribution is -2.07. The number of nitrogens with zero attached hydrogens (tertiary/aromatic N) is 1. The molecule has 0 radical (unpaired) electrons. The van der Waals surface area contributed by atoms with E-state index in [0.29, 0.717) is 19.0 Å². The van der Waals surface area contributed by atoms with Crippen LogP contribution in [0.1, 0.15) is 36.8 Å². The molecule has 1 aromatic carbocycles. The molecule has 5 nitrogen and oxygen atoms in total. The van der Waals surface area contributed by atoms with Gasteiger partial charge in [0.05, 0.1) is 24.4 Å². The number of fused-ring (bicyclic) bond motifs is 3. The number of hydrogen-bond donors (Lipinski definition) is 0. The van der Waals surface area contributed by atoms with Crippen LogP contribution in [0.2, 0.25) is 0 Å². The van der Waals surface area contributed by atoms with Crippen molar-refractivity contribution in [3.8, 4) is 17.0 Å². The van der Waals surface area contributed by atoms with Gasteiger partial charge in [0.2, 0.25) is 0 Å². The van der Waals surface area contributed by atoms with E-state index < -0.39 is 7.60 Å². The molecule has 0 spiro atoms. The molecule has 0 atom stereocenters. The van der Waals surface area contributed by atoms with Gasteiger partial charge >= 0.3 is 7.60 Å². The maximum absolute atomic E-state index is 12.7. The zero-order chi connectivity index (χ0) is 18.0. The van der Waals surface area contributed by atoms with Crippen molar-refractivity contribution < 1.29 is 18.3 Å². The molecule has 0 unspecified atom stereocenters. The van der Waals surface area contributed by atoms with Gasteiger partial charge in [0.15, 0.2) is 6.35 Å². The number of thiazole rings is 1. The lowest BCUT2D eigenvalue weighted by atomic mass is 9.97. The van der Waals surface area contributed by atoms with E-state index >= 15 is 0 Å². The lowest BCUT2D eigenvalue weighted by molar-refractivity contribution is 0.197. The van der Waals surface area contributed by atoms with Gasteiger partial charge in [-0.15, -0.1) is 11.3 Å². The molecule has 0 bridgehead atoms. The quantitative estimate of drug-likeness (QED) is 0.494. The number of allylic oxidation sites excluding steroid dienone is 1. The topological polar surface area (TPSA) is 57.7 Å². The Bertz CT molecular complexity index is 836. The first-order valence-electron chi connectivity index (χ1n) is 8.24. The first-order chi connectivity index (χ1) is 12.0. The van der Waals surface area contributed by atoms with Gasteiger partial charge in [0, 0.05) is 16.9 Å². The van der Waals surface area contributed by atoms with E-state index in [1.54, 1.807) is 25.2 Å². The Morgan fingerprint density at radius 1 is 1.32 bits per heavy atom. The summed E-state index contributed by atoms with van der Waals surface area (Å²) in [6.45, 7) is 10.3. The Morgan fingerprint density at radius 2 is 2.04 bits per heavy atom. The highest BCUT2D eigenvalue weighted by Gasteiger charge is 2.30. The molecule has 7 heteroatoms. The molecule has 0 saturated carbocycles. The lowest BCUT2D eigenvalue weighted by Gasteiger charge is -2.19. The molecule has 1 aliphatic carbocycles. The predicted molar refractivity (Wildman–Crippen MR) is 101 cm³/mol. The normalized spacial score (nSPS) is 12.8. The van der Waals surface area contributed by atoms with Gasteiger partial charge < -0.3 is 13.8 Å². The molecule has 0 fully saturated rings. The maximum atomic E-state index is 12.7. The van der Waals surface area contributed by atoms with Crippen molar-refractivity contribution in [3.63, 3.8) is 0 Å². The van der Waals surface area contributed by atoms with Gasteiger partial charge in [-0.25, -0.2) is 4.98 Å². The van der Waals surface area contributed by atoms with Crippen LogP contribution in [-0.2, 0) is 20.0 Å². The highest BCUT2D eigenvalue weighted by Crippen LogP contribution is 2.50. The first-order valence-corrected chi connectivity index (χ1v) is 10.8. The van der Waals surface area contributed by atoms with Crippen LogP contribution in [0.5, 0.6) is 5.75 Å². The highest BCUT2D eigenvalue weighted by atomic mass is 32.1. The number of aromatic nitrogens is 1. The van der Waals surface area contributed by atoms with Crippen LogP contribution in [0.3, 0.4) is 0 Å². The van der Waals surface area contributed by atoms with Crippen LogP contribution >= 0.6 is 18.9 Å². The second kappa shape index (κ2) is 7.42. The van der Waals surface area contributed by atoms with Crippen molar-refractivity contribution >= 4 is 24.5 Å². The Balaban J connectivity index is 1.95. The van der Waals surface area contributed by atoms with Crippen molar-refractivity contribution in [2.45, 2.75) is 27.2 Å². The van der Waals surface area contributed by atoms with Gasteiger partial charge in [-0.1, -0.05) is 18.2 Å². The van der Waals surface area contributed by atoms with Crippen LogP contribution in [0.25, 0.3) is 16.8 Å². The Morgan fingerprint density at radius 3 is 2.68 bits per heavy atom. The van der Waals surface area contributed by atoms with Crippen LogP contribution in [0, 0.1) is 0 Å². The molecule has 3 rings (SSSR count). The molecule has 134 valence electrons. The van der Waals surface area contributed by atoms with E-state index in [4.69, 9.17) is 13.8 Å². The zero-order valence-electron chi connectivity index (χ0n) is 14.7. The monoisotopic (exact) mass is 379 g/mol. The number of ether oxygens (including phenoxy) is 1. The van der Waals surface area contributed by atoms with Gasteiger partial charge in [-0.2, -0.15) is 0 Å². The summed E-state index contributed by atoms with van der Waals surface area (Å²) in [5.41, 5.74) is 7.05. The molecule has 0 aliphatic heterocycles. The summed E-state index contributed by atoms with van der Waals surface area (Å²) in [4.78, 5) is 5.71. The first kappa shape index (κ1) is 18.3. The van der Waals surface area contributed by atoms with E-state index in [1.807, 2.05) is 24.6 Å². The van der Waals surface area contributed by atoms with Crippen LogP contribution < -0.4 is 4.74 Å². The minimum absolute atomic E-state index is 0.118. The van der Waals surface area contributed by atoms with E-state index in [2.05, 4.69) is 11.6 Å². The summed E-state index contributed by atoms with van der Waals surface area (Å²) >= 11 is 1.64. The SMILES string of the molecule is C=C(C)c1ccc(OCP(=O)(OCC)OCC)c2c1Cc1scnc1-2. The molecule has 2 aromatic rings. The summed E-state index contributed by atoms with van der Waals surface area (Å²) in [7, 11) is -3.27. The molecule has 0 saturated heterocycles. The predicted octanol–water partition coefficient (Wildman–Crippen LogP) is 5.35. The Hall–Kier alpha value is -1.46. The second-order valence-corrected chi connectivity index (χ2v) is 8.70. The molecular weight excluding hydrogens is 357 g/mol. The van der Waals surface area contributed by atoms with Crippen molar-refractivity contribution in [3.05, 3.63) is 40.2 Å². The zero-order valence-corrected chi connectivity index (χ0v) is 16.4.